The van der Waals surface area contributed by atoms with Crippen LogP contribution < -0.4 is 5.32 Å². The van der Waals surface area contributed by atoms with Gasteiger partial charge in [-0.3, -0.25) is 14.7 Å². The van der Waals surface area contributed by atoms with Crippen LogP contribution in [0.15, 0.2) is 6.07 Å². The molecule has 2 aromatic rings. The minimum atomic E-state index is -0.267. The van der Waals surface area contributed by atoms with Crippen LogP contribution in [-0.4, -0.2) is 26.9 Å². The molecule has 6 nitrogen and oxygen atoms in total. The van der Waals surface area contributed by atoms with Gasteiger partial charge < -0.3 is 10.3 Å². The molecule has 0 saturated carbocycles. The van der Waals surface area contributed by atoms with Crippen molar-refractivity contribution in [2.24, 2.45) is 0 Å². The minimum Gasteiger partial charge on any atom is -0.354 e. The van der Waals surface area contributed by atoms with Crippen LogP contribution in [0.2, 0.25) is 0 Å². The molecule has 2 aromatic heterocycles. The predicted molar refractivity (Wildman–Crippen MR) is 74.1 cm³/mol. The summed E-state index contributed by atoms with van der Waals surface area (Å²) in [6.07, 6.45) is 2.22. The standard InChI is InChI=1S/C14H16N4O2/c1-7-6-11(18-17-7)16-14(20)13-8(2)12-9(15-13)4-3-5-10(12)19/h6,15H,3-5H2,1-2H3,(H2,16,17,18,20). The Labute approximate surface area is 116 Å². The zero-order valence-electron chi connectivity index (χ0n) is 11.5. The maximum atomic E-state index is 12.3. The van der Waals surface area contributed by atoms with E-state index in [-0.39, 0.29) is 11.7 Å². The van der Waals surface area contributed by atoms with Gasteiger partial charge in [0.05, 0.1) is 0 Å². The molecule has 0 radical (unpaired) electrons. The Morgan fingerprint density at radius 3 is 2.80 bits per heavy atom. The lowest BCUT2D eigenvalue weighted by atomic mass is 9.94. The van der Waals surface area contributed by atoms with Crippen molar-refractivity contribution in [1.29, 1.82) is 0 Å². The fourth-order valence-corrected chi connectivity index (χ4v) is 2.66. The summed E-state index contributed by atoms with van der Waals surface area (Å²) < 4.78 is 0. The molecule has 0 unspecified atom stereocenters. The molecule has 0 aromatic carbocycles. The summed E-state index contributed by atoms with van der Waals surface area (Å²) in [7, 11) is 0. The maximum Gasteiger partial charge on any atom is 0.273 e. The van der Waals surface area contributed by atoms with Crippen molar-refractivity contribution in [3.8, 4) is 0 Å². The molecular weight excluding hydrogens is 256 g/mol. The van der Waals surface area contributed by atoms with Gasteiger partial charge in [-0.05, 0) is 32.3 Å². The second-order valence-electron chi connectivity index (χ2n) is 5.15. The third-order valence-electron chi connectivity index (χ3n) is 3.61. The van der Waals surface area contributed by atoms with E-state index in [9.17, 15) is 9.59 Å². The summed E-state index contributed by atoms with van der Waals surface area (Å²) in [5, 5.41) is 9.46. The zero-order chi connectivity index (χ0) is 14.3. The summed E-state index contributed by atoms with van der Waals surface area (Å²) in [6.45, 7) is 3.67. The first-order chi connectivity index (χ1) is 9.56. The van der Waals surface area contributed by atoms with Gasteiger partial charge in [0, 0.05) is 29.4 Å². The van der Waals surface area contributed by atoms with Crippen LogP contribution in [0.1, 0.15) is 50.6 Å². The second kappa shape index (κ2) is 4.63. The molecule has 0 aliphatic heterocycles. The van der Waals surface area contributed by atoms with Crippen LogP contribution in [0.5, 0.6) is 0 Å². The molecule has 1 aliphatic rings. The van der Waals surface area contributed by atoms with Crippen LogP contribution in [0, 0.1) is 13.8 Å². The Bertz CT molecular complexity index is 696. The number of Topliss-reactive ketones (excluding diaryl/α,β-unsaturated/α-hetero) is 1. The third kappa shape index (κ3) is 2.03. The lowest BCUT2D eigenvalue weighted by Crippen LogP contribution is -2.14. The normalized spacial score (nSPS) is 14.2. The number of carbonyl (C=O) groups is 2. The van der Waals surface area contributed by atoms with Crippen LogP contribution in [0.25, 0.3) is 0 Å². The van der Waals surface area contributed by atoms with Gasteiger partial charge in [0.15, 0.2) is 11.6 Å². The van der Waals surface area contributed by atoms with Crippen LogP contribution in [0.4, 0.5) is 5.82 Å². The Hall–Kier alpha value is -2.37. The van der Waals surface area contributed by atoms with E-state index in [4.69, 9.17) is 0 Å². The minimum absolute atomic E-state index is 0.120. The molecule has 104 valence electrons. The Kier molecular flexibility index (Phi) is 2.93. The van der Waals surface area contributed by atoms with Crippen molar-refractivity contribution in [2.45, 2.75) is 33.1 Å². The van der Waals surface area contributed by atoms with Crippen LogP contribution in [0.3, 0.4) is 0 Å². The predicted octanol–water partition coefficient (Wildman–Crippen LogP) is 2.13. The zero-order valence-corrected chi connectivity index (χ0v) is 11.5. The Morgan fingerprint density at radius 2 is 2.15 bits per heavy atom. The molecule has 0 fully saturated rings. The van der Waals surface area contributed by atoms with E-state index in [0.717, 1.165) is 29.8 Å². The van der Waals surface area contributed by atoms with E-state index in [1.54, 1.807) is 6.07 Å². The van der Waals surface area contributed by atoms with Gasteiger partial charge in [-0.2, -0.15) is 5.10 Å². The molecule has 20 heavy (non-hydrogen) atoms. The highest BCUT2D eigenvalue weighted by atomic mass is 16.2. The summed E-state index contributed by atoms with van der Waals surface area (Å²) in [4.78, 5) is 27.3. The average molecular weight is 272 g/mol. The van der Waals surface area contributed by atoms with Crippen molar-refractivity contribution in [3.05, 3.63) is 34.3 Å². The summed E-state index contributed by atoms with van der Waals surface area (Å²) in [5.74, 6) is 0.330. The topological polar surface area (TPSA) is 90.6 Å². The molecule has 6 heteroatoms. The van der Waals surface area contributed by atoms with Crippen molar-refractivity contribution < 1.29 is 9.59 Å². The van der Waals surface area contributed by atoms with Gasteiger partial charge >= 0.3 is 0 Å². The van der Waals surface area contributed by atoms with E-state index >= 15 is 0 Å². The SMILES string of the molecule is Cc1cc(NC(=O)c2[nH]c3c(c2C)C(=O)CCC3)n[nH]1. The van der Waals surface area contributed by atoms with Crippen molar-refractivity contribution >= 4 is 17.5 Å². The van der Waals surface area contributed by atoms with E-state index < -0.39 is 0 Å². The second-order valence-corrected chi connectivity index (χ2v) is 5.15. The smallest absolute Gasteiger partial charge is 0.273 e. The van der Waals surface area contributed by atoms with Crippen molar-refractivity contribution in [2.75, 3.05) is 5.32 Å². The number of rotatable bonds is 2. The lowest BCUT2D eigenvalue weighted by Gasteiger charge is -2.09. The maximum absolute atomic E-state index is 12.3. The van der Waals surface area contributed by atoms with E-state index in [0.29, 0.717) is 23.5 Å². The summed E-state index contributed by atoms with van der Waals surface area (Å²) in [5.41, 5.74) is 3.63. The van der Waals surface area contributed by atoms with Gasteiger partial charge in [0.25, 0.3) is 5.91 Å². The van der Waals surface area contributed by atoms with Gasteiger partial charge in [-0.25, -0.2) is 0 Å². The molecule has 3 N–H and O–H groups in total. The molecule has 0 bridgehead atoms. The molecule has 0 atom stereocenters. The largest absolute Gasteiger partial charge is 0.354 e. The van der Waals surface area contributed by atoms with Crippen LogP contribution in [-0.2, 0) is 6.42 Å². The number of nitrogens with one attached hydrogen (secondary N) is 3. The number of fused-ring (bicyclic) bond motifs is 1. The Balaban J connectivity index is 1.90. The number of amides is 1. The fraction of sp³-hybridized carbons (Fsp3) is 0.357. The molecule has 1 amide bonds. The number of H-pyrrole nitrogens is 2. The number of nitrogens with zero attached hydrogens (tertiary/aromatic N) is 1. The highest BCUT2D eigenvalue weighted by Crippen LogP contribution is 2.26. The van der Waals surface area contributed by atoms with Gasteiger partial charge in [-0.15, -0.1) is 0 Å². The van der Waals surface area contributed by atoms with Gasteiger partial charge in [0.2, 0.25) is 0 Å². The van der Waals surface area contributed by atoms with E-state index in [1.165, 1.54) is 0 Å². The number of aromatic nitrogens is 3. The number of ketones is 1. The first-order valence-electron chi connectivity index (χ1n) is 6.64. The number of aryl methyl sites for hydroxylation is 2. The molecule has 2 heterocycles. The quantitative estimate of drug-likeness (QED) is 0.782. The molecule has 3 rings (SSSR count). The van der Waals surface area contributed by atoms with Crippen molar-refractivity contribution in [1.82, 2.24) is 15.2 Å². The number of hydrogen-bond donors (Lipinski definition) is 3. The number of aromatic amines is 2. The average Bonchev–Trinajstić information content (AvgIpc) is 2.95. The highest BCUT2D eigenvalue weighted by Gasteiger charge is 2.26. The monoisotopic (exact) mass is 272 g/mol. The highest BCUT2D eigenvalue weighted by molar-refractivity contribution is 6.08. The van der Waals surface area contributed by atoms with Crippen LogP contribution >= 0.6 is 0 Å². The first kappa shape index (κ1) is 12.7. The lowest BCUT2D eigenvalue weighted by molar-refractivity contribution is 0.0971. The van der Waals surface area contributed by atoms with Crippen molar-refractivity contribution in [3.63, 3.8) is 0 Å². The fourth-order valence-electron chi connectivity index (χ4n) is 2.66. The van der Waals surface area contributed by atoms with E-state index in [2.05, 4.69) is 20.5 Å². The molecule has 1 aliphatic carbocycles. The van der Waals surface area contributed by atoms with E-state index in [1.807, 2.05) is 13.8 Å². The number of hydrogen-bond acceptors (Lipinski definition) is 3. The molecule has 0 saturated heterocycles. The third-order valence-corrected chi connectivity index (χ3v) is 3.61. The number of anilines is 1. The molecule has 0 spiro atoms. The number of carbonyl (C=O) groups excluding carboxylic acids is 2. The Morgan fingerprint density at radius 1 is 1.35 bits per heavy atom. The summed E-state index contributed by atoms with van der Waals surface area (Å²) >= 11 is 0. The molecular formula is C14H16N4O2. The first-order valence-corrected chi connectivity index (χ1v) is 6.64. The summed E-state index contributed by atoms with van der Waals surface area (Å²) in [6, 6.07) is 1.75. The van der Waals surface area contributed by atoms with Gasteiger partial charge in [0.1, 0.15) is 5.69 Å². The van der Waals surface area contributed by atoms with Gasteiger partial charge in [-0.1, -0.05) is 0 Å².